The number of hydrogen-bond donors (Lipinski definition) is 0. The summed E-state index contributed by atoms with van der Waals surface area (Å²) in [5.74, 6) is 1.12. The van der Waals surface area contributed by atoms with Gasteiger partial charge in [0.15, 0.2) is 0 Å². The molecule has 0 N–H and O–H groups in total. The monoisotopic (exact) mass is 362 g/mol. The highest BCUT2D eigenvalue weighted by Crippen LogP contribution is 2.44. The van der Waals surface area contributed by atoms with Gasteiger partial charge in [0.25, 0.3) is 0 Å². The predicted octanol–water partition coefficient (Wildman–Crippen LogP) is 6.98. The summed E-state index contributed by atoms with van der Waals surface area (Å²) in [4.78, 5) is 7.30. The summed E-state index contributed by atoms with van der Waals surface area (Å²) < 4.78 is 0. The lowest BCUT2D eigenvalue weighted by Crippen LogP contribution is -2.48. The highest BCUT2D eigenvalue weighted by atomic mass is 15.2. The van der Waals surface area contributed by atoms with Gasteiger partial charge in [-0.1, -0.05) is 32.9 Å². The van der Waals surface area contributed by atoms with Gasteiger partial charge in [-0.15, -0.1) is 0 Å². The lowest BCUT2D eigenvalue weighted by Gasteiger charge is -2.47. The van der Waals surface area contributed by atoms with Gasteiger partial charge < -0.3 is 4.90 Å². The van der Waals surface area contributed by atoms with Crippen molar-refractivity contribution in [3.8, 4) is 0 Å². The molecular weight excluding hydrogens is 328 g/mol. The van der Waals surface area contributed by atoms with E-state index in [-0.39, 0.29) is 5.54 Å². The van der Waals surface area contributed by atoms with Crippen LogP contribution in [0.2, 0.25) is 0 Å². The second-order valence-electron chi connectivity index (χ2n) is 8.93. The Bertz CT molecular complexity index is 828. The van der Waals surface area contributed by atoms with Gasteiger partial charge in [0.2, 0.25) is 0 Å². The van der Waals surface area contributed by atoms with Crippen molar-refractivity contribution in [3.05, 3.63) is 58.7 Å². The molecule has 1 aliphatic heterocycles. The third kappa shape index (κ3) is 3.95. The van der Waals surface area contributed by atoms with E-state index in [2.05, 4.69) is 89.8 Å². The number of rotatable bonds is 4. The van der Waals surface area contributed by atoms with Crippen LogP contribution in [0.4, 0.5) is 11.4 Å². The van der Waals surface area contributed by atoms with Crippen LogP contribution in [0, 0.1) is 6.92 Å². The minimum absolute atomic E-state index is 0.210. The maximum absolute atomic E-state index is 4.74. The summed E-state index contributed by atoms with van der Waals surface area (Å²) in [6, 6.07) is 13.3. The average Bonchev–Trinajstić information content (AvgIpc) is 2.60. The molecule has 1 heterocycles. The van der Waals surface area contributed by atoms with E-state index in [0.29, 0.717) is 11.8 Å². The summed E-state index contributed by atoms with van der Waals surface area (Å²) >= 11 is 0. The Morgan fingerprint density at radius 3 is 2.44 bits per heavy atom. The van der Waals surface area contributed by atoms with Crippen molar-refractivity contribution in [2.24, 2.45) is 4.99 Å². The fourth-order valence-electron chi connectivity index (χ4n) is 4.48. The Kier molecular flexibility index (Phi) is 5.46. The Hall–Kier alpha value is -2.09. The first-order valence-corrected chi connectivity index (χ1v) is 10.3. The topological polar surface area (TPSA) is 15.6 Å². The van der Waals surface area contributed by atoms with E-state index >= 15 is 0 Å². The lowest BCUT2D eigenvalue weighted by molar-refractivity contribution is 0.381. The summed E-state index contributed by atoms with van der Waals surface area (Å²) in [7, 11) is 0. The van der Waals surface area contributed by atoms with Gasteiger partial charge in [-0.3, -0.25) is 4.99 Å². The molecule has 0 saturated heterocycles. The fraction of sp³-hybridized carbons (Fsp3) is 0.480. The van der Waals surface area contributed by atoms with Gasteiger partial charge in [0.05, 0.1) is 5.69 Å². The van der Waals surface area contributed by atoms with Gasteiger partial charge in [-0.05, 0) is 92.5 Å². The summed E-state index contributed by atoms with van der Waals surface area (Å²) in [6.07, 6.45) is 3.22. The summed E-state index contributed by atoms with van der Waals surface area (Å²) in [5, 5.41) is 0. The van der Waals surface area contributed by atoms with E-state index in [4.69, 9.17) is 4.99 Å². The maximum Gasteiger partial charge on any atom is 0.0630 e. The van der Waals surface area contributed by atoms with Crippen LogP contribution in [-0.2, 0) is 0 Å². The fourth-order valence-corrected chi connectivity index (χ4v) is 4.48. The molecule has 27 heavy (non-hydrogen) atoms. The molecule has 0 fully saturated rings. The van der Waals surface area contributed by atoms with Crippen LogP contribution < -0.4 is 4.90 Å². The molecule has 0 bridgehead atoms. The molecule has 0 unspecified atom stereocenters. The van der Waals surface area contributed by atoms with Gasteiger partial charge >= 0.3 is 0 Å². The maximum atomic E-state index is 4.74. The zero-order valence-electron chi connectivity index (χ0n) is 18.0. The Balaban J connectivity index is 1.93. The van der Waals surface area contributed by atoms with Gasteiger partial charge in [0, 0.05) is 24.0 Å². The Morgan fingerprint density at radius 1 is 1.19 bits per heavy atom. The van der Waals surface area contributed by atoms with E-state index in [1.54, 1.807) is 0 Å². The number of aliphatic imine (C=N–C) groups is 1. The van der Waals surface area contributed by atoms with E-state index < -0.39 is 0 Å². The number of fused-ring (bicyclic) bond motifs is 1. The van der Waals surface area contributed by atoms with Crippen molar-refractivity contribution in [3.63, 3.8) is 0 Å². The van der Waals surface area contributed by atoms with E-state index in [1.807, 2.05) is 6.21 Å². The van der Waals surface area contributed by atoms with E-state index in [0.717, 1.165) is 12.2 Å². The van der Waals surface area contributed by atoms with E-state index in [1.165, 1.54) is 34.4 Å². The number of benzene rings is 2. The molecule has 0 saturated carbocycles. The number of anilines is 1. The summed E-state index contributed by atoms with van der Waals surface area (Å²) in [6.45, 7) is 17.0. The Morgan fingerprint density at radius 2 is 1.85 bits per heavy atom. The molecule has 0 aliphatic carbocycles. The molecule has 0 radical (unpaired) electrons. The first kappa shape index (κ1) is 19.7. The van der Waals surface area contributed by atoms with Crippen LogP contribution in [0.1, 0.15) is 82.1 Å². The zero-order valence-corrected chi connectivity index (χ0v) is 18.0. The minimum atomic E-state index is 0.210. The number of aryl methyl sites for hydroxylation is 1. The minimum Gasteiger partial charge on any atom is -0.366 e. The number of nitrogens with zero attached hydrogens (tertiary/aromatic N) is 2. The van der Waals surface area contributed by atoms with Crippen LogP contribution >= 0.6 is 0 Å². The van der Waals surface area contributed by atoms with Gasteiger partial charge in [-0.25, -0.2) is 0 Å². The largest absolute Gasteiger partial charge is 0.366 e. The third-order valence-electron chi connectivity index (χ3n) is 6.00. The lowest BCUT2D eigenvalue weighted by atomic mass is 9.79. The molecule has 1 aliphatic rings. The molecule has 0 spiro atoms. The molecular formula is C25H34N2. The van der Waals surface area contributed by atoms with Crippen LogP contribution in [-0.4, -0.2) is 18.3 Å². The van der Waals surface area contributed by atoms with Crippen LogP contribution in [0.25, 0.3) is 0 Å². The first-order valence-electron chi connectivity index (χ1n) is 10.3. The molecule has 1 atom stereocenters. The standard InChI is InChI=1S/C25H34N2/c1-8-27-24-13-18(4)21(14-23(24)19(5)15-25(27,6)7)16-26-22-11-9-20(10-12-22)17(2)3/h9-14,16-17,19H,8,15H2,1-7H3/t19-/m0/s1. The molecule has 2 nitrogen and oxygen atoms in total. The molecule has 3 rings (SSSR count). The summed E-state index contributed by atoms with van der Waals surface area (Å²) in [5.41, 5.74) is 7.96. The highest BCUT2D eigenvalue weighted by Gasteiger charge is 2.35. The quantitative estimate of drug-likeness (QED) is 0.536. The average molecular weight is 363 g/mol. The van der Waals surface area contributed by atoms with Gasteiger partial charge in [-0.2, -0.15) is 0 Å². The number of hydrogen-bond acceptors (Lipinski definition) is 2. The van der Waals surface area contributed by atoms with Gasteiger partial charge in [0.1, 0.15) is 0 Å². The zero-order chi connectivity index (χ0) is 19.8. The SMILES string of the molecule is CCN1c2cc(C)c(C=Nc3ccc(C(C)C)cc3)cc2[C@@H](C)CC1(C)C. The predicted molar refractivity (Wildman–Crippen MR) is 119 cm³/mol. The van der Waals surface area contributed by atoms with Crippen molar-refractivity contribution in [1.29, 1.82) is 0 Å². The second-order valence-corrected chi connectivity index (χ2v) is 8.93. The molecule has 2 aromatic carbocycles. The van der Waals surface area contributed by atoms with Crippen molar-refractivity contribution in [2.45, 2.75) is 72.3 Å². The van der Waals surface area contributed by atoms with Crippen molar-refractivity contribution < 1.29 is 0 Å². The molecule has 2 heteroatoms. The molecule has 144 valence electrons. The highest BCUT2D eigenvalue weighted by molar-refractivity contribution is 5.86. The van der Waals surface area contributed by atoms with Crippen molar-refractivity contribution in [2.75, 3.05) is 11.4 Å². The van der Waals surface area contributed by atoms with Crippen molar-refractivity contribution in [1.82, 2.24) is 0 Å². The van der Waals surface area contributed by atoms with E-state index in [9.17, 15) is 0 Å². The first-order chi connectivity index (χ1) is 12.7. The molecule has 2 aromatic rings. The van der Waals surface area contributed by atoms with Crippen LogP contribution in [0.3, 0.4) is 0 Å². The van der Waals surface area contributed by atoms with Crippen LogP contribution in [0.15, 0.2) is 41.4 Å². The Labute approximate surface area is 165 Å². The normalized spacial score (nSPS) is 19.0. The van der Waals surface area contributed by atoms with Crippen molar-refractivity contribution >= 4 is 17.6 Å². The molecule has 0 amide bonds. The smallest absolute Gasteiger partial charge is 0.0630 e. The second kappa shape index (κ2) is 7.50. The molecule has 0 aromatic heterocycles. The van der Waals surface area contributed by atoms with Crippen LogP contribution in [0.5, 0.6) is 0 Å². The third-order valence-corrected chi connectivity index (χ3v) is 6.00.